The van der Waals surface area contributed by atoms with Crippen molar-refractivity contribution in [2.45, 2.75) is 45.8 Å². The molecule has 0 saturated carbocycles. The van der Waals surface area contributed by atoms with E-state index in [-0.39, 0.29) is 12.5 Å². The van der Waals surface area contributed by atoms with Gasteiger partial charge in [-0.25, -0.2) is 0 Å². The van der Waals surface area contributed by atoms with E-state index >= 15 is 0 Å². The minimum Gasteiger partial charge on any atom is -0.352 e. The van der Waals surface area contributed by atoms with Crippen molar-refractivity contribution in [1.82, 2.24) is 24.9 Å². The zero-order chi connectivity index (χ0) is 14.8. The van der Waals surface area contributed by atoms with Crippen molar-refractivity contribution < 1.29 is 4.79 Å². The third-order valence-electron chi connectivity index (χ3n) is 3.89. The van der Waals surface area contributed by atoms with Gasteiger partial charge in [-0.05, 0) is 38.2 Å². The standard InChI is InChI=1S/C14H21N5OS/c1-3-18-12-8-15-19(14(12)10(2)17-18)9-13(20)16-11-4-6-21-7-5-11/h8,11H,3-7,9H2,1-2H3,(H,16,20). The summed E-state index contributed by atoms with van der Waals surface area (Å²) >= 11 is 1.96. The van der Waals surface area contributed by atoms with E-state index < -0.39 is 0 Å². The number of amides is 1. The fourth-order valence-electron chi connectivity index (χ4n) is 2.83. The number of thioether (sulfide) groups is 1. The number of hydrogen-bond donors (Lipinski definition) is 1. The number of carbonyl (C=O) groups is 1. The van der Waals surface area contributed by atoms with Crippen LogP contribution in [0.5, 0.6) is 0 Å². The molecular weight excluding hydrogens is 286 g/mol. The van der Waals surface area contributed by atoms with Crippen molar-refractivity contribution >= 4 is 28.7 Å². The van der Waals surface area contributed by atoms with Gasteiger partial charge in [-0.3, -0.25) is 14.2 Å². The van der Waals surface area contributed by atoms with Crippen LogP contribution in [-0.4, -0.2) is 43.0 Å². The number of carbonyl (C=O) groups excluding carboxylic acids is 1. The molecule has 1 amide bonds. The fourth-order valence-corrected chi connectivity index (χ4v) is 3.94. The van der Waals surface area contributed by atoms with Crippen LogP contribution in [0, 0.1) is 6.92 Å². The second-order valence-corrected chi connectivity index (χ2v) is 6.62. The highest BCUT2D eigenvalue weighted by Gasteiger charge is 2.18. The van der Waals surface area contributed by atoms with E-state index in [2.05, 4.69) is 22.4 Å². The van der Waals surface area contributed by atoms with Gasteiger partial charge in [0.2, 0.25) is 5.91 Å². The third-order valence-corrected chi connectivity index (χ3v) is 4.94. The molecule has 3 rings (SSSR count). The molecule has 2 aromatic heterocycles. The van der Waals surface area contributed by atoms with Gasteiger partial charge in [0.05, 0.1) is 11.9 Å². The van der Waals surface area contributed by atoms with E-state index in [1.54, 1.807) is 10.9 Å². The first-order valence-corrected chi connectivity index (χ1v) is 8.60. The fraction of sp³-hybridized carbons (Fsp3) is 0.643. The summed E-state index contributed by atoms with van der Waals surface area (Å²) in [6.45, 7) is 5.09. The van der Waals surface area contributed by atoms with Crippen molar-refractivity contribution in [3.8, 4) is 0 Å². The van der Waals surface area contributed by atoms with E-state index in [0.29, 0.717) is 6.04 Å². The number of fused-ring (bicyclic) bond motifs is 1. The Morgan fingerprint density at radius 2 is 2.19 bits per heavy atom. The molecule has 1 fully saturated rings. The Morgan fingerprint density at radius 3 is 2.90 bits per heavy atom. The van der Waals surface area contributed by atoms with Crippen molar-refractivity contribution in [3.05, 3.63) is 11.9 Å². The van der Waals surface area contributed by atoms with Gasteiger partial charge in [0, 0.05) is 12.6 Å². The Labute approximate surface area is 128 Å². The molecule has 1 N–H and O–H groups in total. The Bertz CT molecular complexity index is 641. The Kier molecular flexibility index (Phi) is 4.19. The summed E-state index contributed by atoms with van der Waals surface area (Å²) in [4.78, 5) is 12.2. The van der Waals surface area contributed by atoms with Gasteiger partial charge in [0.25, 0.3) is 0 Å². The molecule has 1 aliphatic rings. The van der Waals surface area contributed by atoms with Gasteiger partial charge in [0.15, 0.2) is 0 Å². The molecule has 21 heavy (non-hydrogen) atoms. The average molecular weight is 307 g/mol. The summed E-state index contributed by atoms with van der Waals surface area (Å²) in [5.74, 6) is 2.32. The second kappa shape index (κ2) is 6.09. The first-order valence-electron chi connectivity index (χ1n) is 7.45. The summed E-state index contributed by atoms with van der Waals surface area (Å²) < 4.78 is 3.68. The summed E-state index contributed by atoms with van der Waals surface area (Å²) in [7, 11) is 0. The quantitative estimate of drug-likeness (QED) is 0.931. The van der Waals surface area contributed by atoms with E-state index in [1.165, 1.54) is 0 Å². The van der Waals surface area contributed by atoms with Gasteiger partial charge < -0.3 is 5.32 Å². The SMILES string of the molecule is CCn1nc(C)c2c1cnn2CC(=O)NC1CCSCC1. The van der Waals surface area contributed by atoms with Crippen molar-refractivity contribution in [2.24, 2.45) is 0 Å². The molecule has 2 aromatic rings. The molecule has 0 spiro atoms. The Hall–Kier alpha value is -1.50. The number of rotatable bonds is 4. The van der Waals surface area contributed by atoms with Crippen LogP contribution in [0.3, 0.4) is 0 Å². The maximum atomic E-state index is 12.2. The molecule has 0 aromatic carbocycles. The lowest BCUT2D eigenvalue weighted by Crippen LogP contribution is -2.39. The van der Waals surface area contributed by atoms with Gasteiger partial charge in [-0.1, -0.05) is 0 Å². The lowest BCUT2D eigenvalue weighted by atomic mass is 10.1. The minimum atomic E-state index is 0.0422. The number of nitrogens with one attached hydrogen (secondary N) is 1. The van der Waals surface area contributed by atoms with Crippen LogP contribution in [-0.2, 0) is 17.9 Å². The Balaban J connectivity index is 1.72. The van der Waals surface area contributed by atoms with E-state index in [0.717, 1.165) is 47.6 Å². The van der Waals surface area contributed by atoms with Crippen LogP contribution in [0.2, 0.25) is 0 Å². The molecule has 6 nitrogen and oxygen atoms in total. The van der Waals surface area contributed by atoms with Crippen molar-refractivity contribution in [3.63, 3.8) is 0 Å². The molecule has 1 saturated heterocycles. The highest BCUT2D eigenvalue weighted by atomic mass is 32.2. The molecule has 3 heterocycles. The topological polar surface area (TPSA) is 64.7 Å². The first-order chi connectivity index (χ1) is 10.2. The molecule has 1 aliphatic heterocycles. The molecule has 114 valence electrons. The highest BCUT2D eigenvalue weighted by molar-refractivity contribution is 7.99. The zero-order valence-corrected chi connectivity index (χ0v) is 13.3. The van der Waals surface area contributed by atoms with E-state index in [4.69, 9.17) is 0 Å². The summed E-state index contributed by atoms with van der Waals surface area (Å²) in [6, 6.07) is 0.323. The third kappa shape index (κ3) is 2.92. The molecule has 7 heteroatoms. The summed E-state index contributed by atoms with van der Waals surface area (Å²) in [5, 5.41) is 11.9. The maximum absolute atomic E-state index is 12.2. The zero-order valence-electron chi connectivity index (χ0n) is 12.5. The second-order valence-electron chi connectivity index (χ2n) is 5.39. The average Bonchev–Trinajstić information content (AvgIpc) is 3.02. The molecule has 0 atom stereocenters. The van der Waals surface area contributed by atoms with E-state index in [9.17, 15) is 4.79 Å². The lowest BCUT2D eigenvalue weighted by molar-refractivity contribution is -0.122. The normalized spacial score (nSPS) is 16.5. The molecule has 0 aliphatic carbocycles. The van der Waals surface area contributed by atoms with Crippen LogP contribution < -0.4 is 5.32 Å². The molecule has 0 bridgehead atoms. The number of nitrogens with zero attached hydrogens (tertiary/aromatic N) is 4. The van der Waals surface area contributed by atoms with Crippen molar-refractivity contribution in [1.29, 1.82) is 0 Å². The number of hydrogen-bond acceptors (Lipinski definition) is 4. The predicted molar refractivity (Wildman–Crippen MR) is 84.4 cm³/mol. The van der Waals surface area contributed by atoms with Crippen LogP contribution in [0.25, 0.3) is 11.0 Å². The van der Waals surface area contributed by atoms with Gasteiger partial charge in [0.1, 0.15) is 17.6 Å². The predicted octanol–water partition coefficient (Wildman–Crippen LogP) is 1.57. The van der Waals surface area contributed by atoms with Crippen LogP contribution in [0.4, 0.5) is 0 Å². The van der Waals surface area contributed by atoms with Gasteiger partial charge in [-0.15, -0.1) is 0 Å². The lowest BCUT2D eigenvalue weighted by Gasteiger charge is -2.22. The minimum absolute atomic E-state index is 0.0422. The molecular formula is C14H21N5OS. The Morgan fingerprint density at radius 1 is 1.43 bits per heavy atom. The molecule has 0 radical (unpaired) electrons. The van der Waals surface area contributed by atoms with Gasteiger partial charge >= 0.3 is 0 Å². The van der Waals surface area contributed by atoms with Crippen LogP contribution in [0.1, 0.15) is 25.5 Å². The van der Waals surface area contributed by atoms with Crippen LogP contribution >= 0.6 is 11.8 Å². The molecule has 0 unspecified atom stereocenters. The monoisotopic (exact) mass is 307 g/mol. The van der Waals surface area contributed by atoms with E-state index in [1.807, 2.05) is 23.4 Å². The number of aryl methyl sites for hydroxylation is 2. The summed E-state index contributed by atoms with van der Waals surface area (Å²) in [6.07, 6.45) is 3.93. The van der Waals surface area contributed by atoms with Gasteiger partial charge in [-0.2, -0.15) is 22.0 Å². The number of aromatic nitrogens is 4. The highest BCUT2D eigenvalue weighted by Crippen LogP contribution is 2.19. The summed E-state index contributed by atoms with van der Waals surface area (Å²) in [5.41, 5.74) is 2.88. The van der Waals surface area contributed by atoms with Crippen molar-refractivity contribution in [2.75, 3.05) is 11.5 Å². The first kappa shape index (κ1) is 14.4. The largest absolute Gasteiger partial charge is 0.352 e. The smallest absolute Gasteiger partial charge is 0.241 e. The maximum Gasteiger partial charge on any atom is 0.241 e. The van der Waals surface area contributed by atoms with Crippen LogP contribution in [0.15, 0.2) is 6.20 Å².